The third kappa shape index (κ3) is 2.91. The van der Waals surface area contributed by atoms with Gasteiger partial charge < -0.3 is 9.84 Å². The van der Waals surface area contributed by atoms with E-state index in [0.29, 0.717) is 0 Å². The Labute approximate surface area is 105 Å². The van der Waals surface area contributed by atoms with Crippen LogP contribution < -0.4 is 0 Å². The summed E-state index contributed by atoms with van der Waals surface area (Å²) in [6.07, 6.45) is -1.99. The van der Waals surface area contributed by atoms with E-state index >= 15 is 0 Å². The number of nitrogens with zero attached hydrogens (tertiary/aromatic N) is 1. The number of pyridine rings is 1. The summed E-state index contributed by atoms with van der Waals surface area (Å²) < 4.78 is 30.2. The SMILES string of the molecule is CCOC(=O)c1cnc(CBr)c(O)c1C(F)F. The standard InChI is InChI=1S/C10H10BrF2NO3/c1-2-17-10(16)5-4-14-6(3-11)8(15)7(5)9(12)13/h4,9,15H,2-3H2,1H3. The molecule has 7 heteroatoms. The second kappa shape index (κ2) is 5.90. The largest absolute Gasteiger partial charge is 0.505 e. The maximum atomic E-state index is 12.8. The first-order chi connectivity index (χ1) is 8.02. The molecule has 17 heavy (non-hydrogen) atoms. The van der Waals surface area contributed by atoms with Gasteiger partial charge in [0.05, 0.1) is 23.4 Å². The average molecular weight is 310 g/mol. The highest BCUT2D eigenvalue weighted by Crippen LogP contribution is 2.34. The van der Waals surface area contributed by atoms with Gasteiger partial charge in [-0.05, 0) is 6.92 Å². The van der Waals surface area contributed by atoms with E-state index < -0.39 is 29.3 Å². The topological polar surface area (TPSA) is 59.4 Å². The van der Waals surface area contributed by atoms with E-state index in [1.807, 2.05) is 0 Å². The normalized spacial score (nSPS) is 10.6. The molecule has 0 aliphatic carbocycles. The molecule has 1 rings (SSSR count). The molecule has 0 spiro atoms. The fourth-order valence-electron chi connectivity index (χ4n) is 1.25. The number of aromatic hydroxyl groups is 1. The van der Waals surface area contributed by atoms with Crippen molar-refractivity contribution in [3.63, 3.8) is 0 Å². The fourth-order valence-corrected chi connectivity index (χ4v) is 1.66. The Morgan fingerprint density at radius 2 is 2.29 bits per heavy atom. The summed E-state index contributed by atoms with van der Waals surface area (Å²) in [5.41, 5.74) is -1.11. The quantitative estimate of drug-likeness (QED) is 0.686. The van der Waals surface area contributed by atoms with Crippen LogP contribution in [0.4, 0.5) is 8.78 Å². The van der Waals surface area contributed by atoms with Crippen molar-refractivity contribution in [2.45, 2.75) is 18.7 Å². The van der Waals surface area contributed by atoms with E-state index in [1.165, 1.54) is 0 Å². The number of alkyl halides is 3. The molecule has 0 radical (unpaired) electrons. The summed E-state index contributed by atoms with van der Waals surface area (Å²) in [4.78, 5) is 15.1. The molecule has 1 heterocycles. The summed E-state index contributed by atoms with van der Waals surface area (Å²) in [5.74, 6) is -1.60. The molecular formula is C10H10BrF2NO3. The number of aromatic nitrogens is 1. The molecule has 0 atom stereocenters. The number of hydrogen-bond acceptors (Lipinski definition) is 4. The minimum atomic E-state index is -2.98. The van der Waals surface area contributed by atoms with E-state index in [1.54, 1.807) is 6.92 Å². The molecular weight excluding hydrogens is 300 g/mol. The zero-order valence-corrected chi connectivity index (χ0v) is 10.5. The minimum Gasteiger partial charge on any atom is -0.505 e. The van der Waals surface area contributed by atoms with Crippen LogP contribution in [0.25, 0.3) is 0 Å². The molecule has 0 aliphatic heterocycles. The van der Waals surface area contributed by atoms with Gasteiger partial charge >= 0.3 is 5.97 Å². The van der Waals surface area contributed by atoms with Crippen molar-refractivity contribution in [2.75, 3.05) is 6.61 Å². The molecule has 94 valence electrons. The maximum Gasteiger partial charge on any atom is 0.340 e. The summed E-state index contributed by atoms with van der Waals surface area (Å²) in [5, 5.41) is 9.69. The molecule has 0 aliphatic rings. The number of rotatable bonds is 4. The second-order valence-corrected chi connectivity index (χ2v) is 3.60. The molecule has 0 saturated carbocycles. The third-order valence-corrected chi connectivity index (χ3v) is 2.54. The first-order valence-electron chi connectivity index (χ1n) is 4.74. The lowest BCUT2D eigenvalue weighted by Gasteiger charge is -2.11. The van der Waals surface area contributed by atoms with Gasteiger partial charge in [0.1, 0.15) is 5.75 Å². The van der Waals surface area contributed by atoms with E-state index in [-0.39, 0.29) is 17.6 Å². The Kier molecular flexibility index (Phi) is 4.80. The van der Waals surface area contributed by atoms with Crippen LogP contribution in [0.2, 0.25) is 0 Å². The smallest absolute Gasteiger partial charge is 0.340 e. The number of esters is 1. The van der Waals surface area contributed by atoms with Gasteiger partial charge in [0.25, 0.3) is 6.43 Å². The second-order valence-electron chi connectivity index (χ2n) is 3.04. The lowest BCUT2D eigenvalue weighted by atomic mass is 10.1. The van der Waals surface area contributed by atoms with Crippen LogP contribution in [-0.4, -0.2) is 22.7 Å². The number of hydrogen-bond donors (Lipinski definition) is 1. The Bertz CT molecular complexity index is 426. The molecule has 1 aromatic heterocycles. The third-order valence-electron chi connectivity index (χ3n) is 2.01. The van der Waals surface area contributed by atoms with Gasteiger partial charge in [0.15, 0.2) is 0 Å². The molecule has 0 saturated heterocycles. The van der Waals surface area contributed by atoms with Crippen molar-refractivity contribution in [3.05, 3.63) is 23.0 Å². The zero-order chi connectivity index (χ0) is 13.0. The Morgan fingerprint density at radius 3 is 2.76 bits per heavy atom. The predicted molar refractivity (Wildman–Crippen MR) is 59.4 cm³/mol. The van der Waals surface area contributed by atoms with Crippen molar-refractivity contribution in [1.29, 1.82) is 0 Å². The van der Waals surface area contributed by atoms with E-state index in [4.69, 9.17) is 0 Å². The maximum absolute atomic E-state index is 12.8. The van der Waals surface area contributed by atoms with Crippen LogP contribution >= 0.6 is 15.9 Å². The molecule has 0 fully saturated rings. The van der Waals surface area contributed by atoms with Crippen LogP contribution in [0.5, 0.6) is 5.75 Å². The fraction of sp³-hybridized carbons (Fsp3) is 0.400. The van der Waals surface area contributed by atoms with Crippen molar-refractivity contribution < 1.29 is 23.4 Å². The summed E-state index contributed by atoms with van der Waals surface area (Å²) in [7, 11) is 0. The summed E-state index contributed by atoms with van der Waals surface area (Å²) >= 11 is 3.00. The molecule has 0 bridgehead atoms. The lowest BCUT2D eigenvalue weighted by Crippen LogP contribution is -2.10. The zero-order valence-electron chi connectivity index (χ0n) is 8.91. The van der Waals surface area contributed by atoms with Crippen LogP contribution in [0.1, 0.15) is 35.0 Å². The Morgan fingerprint density at radius 1 is 1.65 bits per heavy atom. The van der Waals surface area contributed by atoms with Gasteiger partial charge in [-0.2, -0.15) is 0 Å². The first-order valence-corrected chi connectivity index (χ1v) is 5.87. The number of halogens is 3. The Hall–Kier alpha value is -1.24. The van der Waals surface area contributed by atoms with Crippen molar-refractivity contribution in [2.24, 2.45) is 0 Å². The van der Waals surface area contributed by atoms with E-state index in [0.717, 1.165) is 6.20 Å². The van der Waals surface area contributed by atoms with Crippen LogP contribution in [-0.2, 0) is 10.1 Å². The molecule has 0 aromatic carbocycles. The van der Waals surface area contributed by atoms with Crippen LogP contribution in [0.15, 0.2) is 6.20 Å². The monoisotopic (exact) mass is 309 g/mol. The Balaban J connectivity index is 3.31. The van der Waals surface area contributed by atoms with Crippen molar-refractivity contribution >= 4 is 21.9 Å². The van der Waals surface area contributed by atoms with Gasteiger partial charge in [-0.25, -0.2) is 13.6 Å². The molecule has 4 nitrogen and oxygen atoms in total. The highest BCUT2D eigenvalue weighted by Gasteiger charge is 2.25. The van der Waals surface area contributed by atoms with Crippen molar-refractivity contribution in [1.82, 2.24) is 4.98 Å². The number of carbonyl (C=O) groups excluding carboxylic acids is 1. The average Bonchev–Trinajstić information content (AvgIpc) is 2.28. The van der Waals surface area contributed by atoms with Crippen LogP contribution in [0, 0.1) is 0 Å². The molecule has 1 N–H and O–H groups in total. The van der Waals surface area contributed by atoms with Gasteiger partial charge in [0.2, 0.25) is 0 Å². The molecule has 0 unspecified atom stereocenters. The summed E-state index contributed by atoms with van der Waals surface area (Å²) in [6, 6.07) is 0. The minimum absolute atomic E-state index is 0.0494. The van der Waals surface area contributed by atoms with Gasteiger partial charge in [0, 0.05) is 11.5 Å². The van der Waals surface area contributed by atoms with Crippen LogP contribution in [0.3, 0.4) is 0 Å². The van der Waals surface area contributed by atoms with E-state index in [9.17, 15) is 18.7 Å². The predicted octanol–water partition coefficient (Wildman–Crippen LogP) is 2.80. The summed E-state index contributed by atoms with van der Waals surface area (Å²) in [6.45, 7) is 1.61. The number of carbonyl (C=O) groups is 1. The molecule has 0 amide bonds. The molecule has 1 aromatic rings. The van der Waals surface area contributed by atoms with Gasteiger partial charge in [-0.3, -0.25) is 4.98 Å². The van der Waals surface area contributed by atoms with Gasteiger partial charge in [-0.15, -0.1) is 0 Å². The highest BCUT2D eigenvalue weighted by atomic mass is 79.9. The first kappa shape index (κ1) is 13.8. The van der Waals surface area contributed by atoms with Crippen molar-refractivity contribution in [3.8, 4) is 5.75 Å². The van der Waals surface area contributed by atoms with E-state index in [2.05, 4.69) is 25.7 Å². The number of ether oxygens (including phenoxy) is 1. The van der Waals surface area contributed by atoms with Gasteiger partial charge in [-0.1, -0.05) is 15.9 Å². The highest BCUT2D eigenvalue weighted by molar-refractivity contribution is 9.08. The lowest BCUT2D eigenvalue weighted by molar-refractivity contribution is 0.0513.